The fourth-order valence-electron chi connectivity index (χ4n) is 2.94. The van der Waals surface area contributed by atoms with Gasteiger partial charge in [0.05, 0.1) is 4.92 Å². The highest BCUT2D eigenvalue weighted by Gasteiger charge is 2.24. The van der Waals surface area contributed by atoms with Crippen LogP contribution >= 0.6 is 0 Å². The summed E-state index contributed by atoms with van der Waals surface area (Å²) >= 11 is 0. The van der Waals surface area contributed by atoms with Crippen LogP contribution in [-0.2, 0) is 0 Å². The number of non-ortho nitro benzene ring substituents is 1. The minimum absolute atomic E-state index is 0.0885. The highest BCUT2D eigenvalue weighted by Crippen LogP contribution is 2.49. The average molecular weight is 263 g/mol. The summed E-state index contributed by atoms with van der Waals surface area (Å²) in [6.45, 7) is 0. The van der Waals surface area contributed by atoms with Crippen LogP contribution in [0.5, 0.6) is 5.75 Å². The van der Waals surface area contributed by atoms with E-state index in [4.69, 9.17) is 0 Å². The summed E-state index contributed by atoms with van der Waals surface area (Å²) in [6.07, 6.45) is 0. The van der Waals surface area contributed by atoms with Crippen molar-refractivity contribution in [3.05, 3.63) is 58.6 Å². The Balaban J connectivity index is 2.19. The number of hydrogen-bond donors (Lipinski definition) is 1. The number of nitro benzene ring substituents is 1. The molecule has 0 amide bonds. The smallest absolute Gasteiger partial charge is 0.270 e. The van der Waals surface area contributed by atoms with Crippen molar-refractivity contribution in [3.63, 3.8) is 0 Å². The first-order valence-electron chi connectivity index (χ1n) is 6.20. The maximum absolute atomic E-state index is 11.1. The van der Waals surface area contributed by atoms with Crippen LogP contribution in [0.3, 0.4) is 0 Å². The van der Waals surface area contributed by atoms with E-state index in [1.54, 1.807) is 24.3 Å². The lowest BCUT2D eigenvalue weighted by molar-refractivity contribution is -0.384. The van der Waals surface area contributed by atoms with Gasteiger partial charge in [0.15, 0.2) is 0 Å². The zero-order valence-corrected chi connectivity index (χ0v) is 10.3. The van der Waals surface area contributed by atoms with Gasteiger partial charge in [0.1, 0.15) is 5.75 Å². The Hall–Kier alpha value is -2.88. The number of nitrogens with zero attached hydrogens (tertiary/aromatic N) is 1. The standard InChI is InChI=1S/C16H9NO3/c18-11-4-5-12-14(8-11)13-3-1-2-9-6-10(17(19)20)7-15(12)16(9)13/h1-8,18H. The van der Waals surface area contributed by atoms with Gasteiger partial charge >= 0.3 is 0 Å². The highest BCUT2D eigenvalue weighted by molar-refractivity contribution is 6.16. The first-order valence-corrected chi connectivity index (χ1v) is 6.20. The van der Waals surface area contributed by atoms with E-state index in [9.17, 15) is 15.2 Å². The van der Waals surface area contributed by atoms with Crippen LogP contribution in [0.25, 0.3) is 33.0 Å². The van der Waals surface area contributed by atoms with Gasteiger partial charge in [-0.25, -0.2) is 0 Å². The second kappa shape index (κ2) is 3.57. The van der Waals surface area contributed by atoms with Gasteiger partial charge in [-0.15, -0.1) is 0 Å². The molecule has 0 aliphatic heterocycles. The second-order valence-corrected chi connectivity index (χ2v) is 4.88. The summed E-state index contributed by atoms with van der Waals surface area (Å²) in [7, 11) is 0. The predicted octanol–water partition coefficient (Wildman–Crippen LogP) is 4.10. The zero-order valence-electron chi connectivity index (χ0n) is 10.3. The number of aromatic hydroxyl groups is 1. The van der Waals surface area contributed by atoms with E-state index in [0.29, 0.717) is 0 Å². The fraction of sp³-hybridized carbons (Fsp3) is 0. The van der Waals surface area contributed by atoms with Crippen molar-refractivity contribution in [2.24, 2.45) is 0 Å². The topological polar surface area (TPSA) is 63.4 Å². The molecule has 4 heteroatoms. The maximum Gasteiger partial charge on any atom is 0.270 e. The van der Waals surface area contributed by atoms with Crippen molar-refractivity contribution >= 4 is 16.5 Å². The van der Waals surface area contributed by atoms with Crippen molar-refractivity contribution in [2.45, 2.75) is 0 Å². The number of fused-ring (bicyclic) bond motifs is 3. The van der Waals surface area contributed by atoms with Crippen LogP contribution in [0.15, 0.2) is 48.5 Å². The van der Waals surface area contributed by atoms with E-state index in [1.807, 2.05) is 24.3 Å². The minimum atomic E-state index is -0.374. The quantitative estimate of drug-likeness (QED) is 0.415. The Bertz CT molecular complexity index is 900. The molecule has 96 valence electrons. The van der Waals surface area contributed by atoms with E-state index < -0.39 is 0 Å². The Morgan fingerprint density at radius 2 is 1.75 bits per heavy atom. The average Bonchev–Trinajstić information content (AvgIpc) is 2.75. The molecule has 0 spiro atoms. The van der Waals surface area contributed by atoms with Crippen molar-refractivity contribution in [1.29, 1.82) is 0 Å². The lowest BCUT2D eigenvalue weighted by Crippen LogP contribution is -1.88. The van der Waals surface area contributed by atoms with Gasteiger partial charge in [-0.05, 0) is 45.2 Å². The van der Waals surface area contributed by atoms with E-state index in [-0.39, 0.29) is 16.4 Å². The molecule has 0 unspecified atom stereocenters. The summed E-state index contributed by atoms with van der Waals surface area (Å²) in [6, 6.07) is 14.0. The van der Waals surface area contributed by atoms with Gasteiger partial charge in [-0.2, -0.15) is 0 Å². The molecule has 0 saturated heterocycles. The number of phenolic OH excluding ortho intramolecular Hbond substituents is 1. The summed E-state index contributed by atoms with van der Waals surface area (Å²) in [4.78, 5) is 10.7. The van der Waals surface area contributed by atoms with E-state index in [1.165, 1.54) is 0 Å². The van der Waals surface area contributed by atoms with Crippen LogP contribution in [0.2, 0.25) is 0 Å². The van der Waals surface area contributed by atoms with Crippen molar-refractivity contribution in [1.82, 2.24) is 0 Å². The molecule has 20 heavy (non-hydrogen) atoms. The van der Waals surface area contributed by atoms with Crippen LogP contribution < -0.4 is 0 Å². The Kier molecular flexibility index (Phi) is 1.96. The van der Waals surface area contributed by atoms with E-state index >= 15 is 0 Å². The first-order chi connectivity index (χ1) is 9.65. The molecule has 0 fully saturated rings. The van der Waals surface area contributed by atoms with Crippen molar-refractivity contribution < 1.29 is 10.0 Å². The van der Waals surface area contributed by atoms with Gasteiger partial charge in [-0.3, -0.25) is 10.1 Å². The molecule has 4 nitrogen and oxygen atoms in total. The first kappa shape index (κ1) is 11.0. The van der Waals surface area contributed by atoms with Crippen molar-refractivity contribution in [3.8, 4) is 28.0 Å². The molecule has 0 radical (unpaired) electrons. The summed E-state index contributed by atoms with van der Waals surface area (Å²) in [5, 5.41) is 22.6. The van der Waals surface area contributed by atoms with E-state index in [0.717, 1.165) is 33.0 Å². The van der Waals surface area contributed by atoms with Crippen LogP contribution in [-0.4, -0.2) is 10.0 Å². The summed E-state index contributed by atoms with van der Waals surface area (Å²) in [5.74, 6) is 0.197. The van der Waals surface area contributed by atoms with Gasteiger partial charge in [0.25, 0.3) is 5.69 Å². The summed E-state index contributed by atoms with van der Waals surface area (Å²) < 4.78 is 0. The lowest BCUT2D eigenvalue weighted by Gasteiger charge is -2.02. The molecular weight excluding hydrogens is 254 g/mol. The molecule has 0 saturated carbocycles. The number of benzene rings is 3. The van der Waals surface area contributed by atoms with Crippen LogP contribution in [0, 0.1) is 10.1 Å². The molecule has 3 aromatic rings. The Morgan fingerprint density at radius 1 is 0.900 bits per heavy atom. The Labute approximate surface area is 114 Å². The maximum atomic E-state index is 11.1. The third-order valence-electron chi connectivity index (χ3n) is 3.76. The summed E-state index contributed by atoms with van der Waals surface area (Å²) in [5.41, 5.74) is 3.81. The monoisotopic (exact) mass is 263 g/mol. The van der Waals surface area contributed by atoms with Gasteiger partial charge in [0, 0.05) is 12.1 Å². The van der Waals surface area contributed by atoms with E-state index in [2.05, 4.69) is 0 Å². The lowest BCUT2D eigenvalue weighted by atomic mass is 10.0. The third-order valence-corrected chi connectivity index (χ3v) is 3.76. The molecule has 0 aromatic heterocycles. The Morgan fingerprint density at radius 3 is 2.55 bits per heavy atom. The van der Waals surface area contributed by atoms with Gasteiger partial charge in [0.2, 0.25) is 0 Å². The largest absolute Gasteiger partial charge is 0.508 e. The molecule has 3 aromatic carbocycles. The van der Waals surface area contributed by atoms with Crippen molar-refractivity contribution in [2.75, 3.05) is 0 Å². The molecule has 4 rings (SSSR count). The molecule has 0 atom stereocenters. The highest BCUT2D eigenvalue weighted by atomic mass is 16.6. The second-order valence-electron chi connectivity index (χ2n) is 4.88. The molecular formula is C16H9NO3. The number of phenols is 1. The van der Waals surface area contributed by atoms with Crippen LogP contribution in [0.1, 0.15) is 0 Å². The molecule has 0 bridgehead atoms. The number of rotatable bonds is 1. The third kappa shape index (κ3) is 1.30. The van der Waals surface area contributed by atoms with Crippen LogP contribution in [0.4, 0.5) is 5.69 Å². The minimum Gasteiger partial charge on any atom is -0.508 e. The zero-order chi connectivity index (χ0) is 13.9. The number of nitro groups is 1. The van der Waals surface area contributed by atoms with Gasteiger partial charge in [-0.1, -0.05) is 24.3 Å². The normalized spacial score (nSPS) is 11.6. The van der Waals surface area contributed by atoms with Gasteiger partial charge < -0.3 is 5.11 Å². The fourth-order valence-corrected chi connectivity index (χ4v) is 2.94. The number of hydrogen-bond acceptors (Lipinski definition) is 3. The predicted molar refractivity (Wildman–Crippen MR) is 76.7 cm³/mol. The SMILES string of the molecule is O=[N+]([O-])c1cc2c3c(cccc3c1)-c1cc(O)ccc1-2. The molecule has 1 aliphatic carbocycles. The molecule has 0 heterocycles. The molecule has 1 N–H and O–H groups in total. The molecule has 1 aliphatic rings.